The molecule has 0 aromatic carbocycles. The minimum atomic E-state index is 0.0855. The van der Waals surface area contributed by atoms with Crippen LogP contribution in [0.2, 0.25) is 0 Å². The van der Waals surface area contributed by atoms with E-state index in [0.29, 0.717) is 46.2 Å². The van der Waals surface area contributed by atoms with Crippen molar-refractivity contribution in [3.05, 3.63) is 0 Å². The van der Waals surface area contributed by atoms with Gasteiger partial charge in [-0.3, -0.25) is 0 Å². The van der Waals surface area contributed by atoms with Crippen LogP contribution in [-0.2, 0) is 18.9 Å². The third-order valence-corrected chi connectivity index (χ3v) is 1.56. The van der Waals surface area contributed by atoms with Crippen molar-refractivity contribution in [2.75, 3.05) is 53.4 Å². The van der Waals surface area contributed by atoms with Crippen molar-refractivity contribution in [2.24, 2.45) is 5.73 Å². The van der Waals surface area contributed by atoms with Gasteiger partial charge in [0.1, 0.15) is 0 Å². The van der Waals surface area contributed by atoms with Crippen LogP contribution >= 0.6 is 0 Å². The second-order valence-corrected chi connectivity index (χ2v) is 3.27. The van der Waals surface area contributed by atoms with E-state index in [4.69, 9.17) is 24.7 Å². The molecule has 0 bridgehead atoms. The third kappa shape index (κ3) is 13.8. The molecule has 0 aliphatic carbocycles. The molecule has 2 N–H and O–H groups in total. The van der Waals surface area contributed by atoms with Crippen LogP contribution < -0.4 is 5.73 Å². The largest absolute Gasteiger partial charge is 0.382 e. The first-order valence-electron chi connectivity index (χ1n) is 5.25. The molecule has 0 aromatic heterocycles. The normalized spacial score (nSPS) is 13.0. The summed E-state index contributed by atoms with van der Waals surface area (Å²) in [4.78, 5) is 0. The average Bonchev–Trinajstić information content (AvgIpc) is 2.20. The SMILES string of the molecule is COCCOCCOCCOC[C@H](C)N. The van der Waals surface area contributed by atoms with Gasteiger partial charge in [-0.15, -0.1) is 0 Å². The van der Waals surface area contributed by atoms with E-state index in [-0.39, 0.29) is 6.04 Å². The molecule has 0 aliphatic rings. The molecule has 0 fully saturated rings. The molecular formula is C10H23NO4. The second kappa shape index (κ2) is 11.9. The average molecular weight is 221 g/mol. The number of nitrogens with two attached hydrogens (primary N) is 1. The third-order valence-electron chi connectivity index (χ3n) is 1.56. The second-order valence-electron chi connectivity index (χ2n) is 3.27. The molecule has 5 nitrogen and oxygen atoms in total. The zero-order valence-corrected chi connectivity index (χ0v) is 9.74. The molecule has 5 heteroatoms. The Bertz CT molecular complexity index is 122. The van der Waals surface area contributed by atoms with Gasteiger partial charge in [-0.25, -0.2) is 0 Å². The molecule has 92 valence electrons. The lowest BCUT2D eigenvalue weighted by Gasteiger charge is -2.07. The van der Waals surface area contributed by atoms with Crippen LogP contribution in [0.3, 0.4) is 0 Å². The molecule has 0 aliphatic heterocycles. The Morgan fingerprint density at radius 1 is 0.867 bits per heavy atom. The van der Waals surface area contributed by atoms with Gasteiger partial charge in [-0.1, -0.05) is 0 Å². The van der Waals surface area contributed by atoms with E-state index in [2.05, 4.69) is 0 Å². The fourth-order valence-electron chi connectivity index (χ4n) is 0.851. The lowest BCUT2D eigenvalue weighted by Crippen LogP contribution is -2.23. The first-order valence-corrected chi connectivity index (χ1v) is 5.25. The summed E-state index contributed by atoms with van der Waals surface area (Å²) in [5, 5.41) is 0. The molecule has 15 heavy (non-hydrogen) atoms. The van der Waals surface area contributed by atoms with Gasteiger partial charge >= 0.3 is 0 Å². The van der Waals surface area contributed by atoms with Gasteiger partial charge in [0.05, 0.1) is 46.2 Å². The highest BCUT2D eigenvalue weighted by Gasteiger charge is 1.94. The highest BCUT2D eigenvalue weighted by atomic mass is 16.6. The van der Waals surface area contributed by atoms with Gasteiger partial charge in [0.25, 0.3) is 0 Å². The van der Waals surface area contributed by atoms with Crippen molar-refractivity contribution >= 4 is 0 Å². The predicted octanol–water partition coefficient (Wildman–Crippen LogP) is 0.0298. The summed E-state index contributed by atoms with van der Waals surface area (Å²) in [6, 6.07) is 0.0855. The van der Waals surface area contributed by atoms with E-state index < -0.39 is 0 Å². The molecule has 1 atom stereocenters. The first kappa shape index (κ1) is 14.8. The fourth-order valence-corrected chi connectivity index (χ4v) is 0.851. The lowest BCUT2D eigenvalue weighted by atomic mass is 10.4. The van der Waals surface area contributed by atoms with Crippen LogP contribution in [0.4, 0.5) is 0 Å². The summed E-state index contributed by atoms with van der Waals surface area (Å²) in [5.41, 5.74) is 5.50. The van der Waals surface area contributed by atoms with Crippen molar-refractivity contribution in [3.63, 3.8) is 0 Å². The maximum absolute atomic E-state index is 5.50. The van der Waals surface area contributed by atoms with Gasteiger partial charge in [-0.2, -0.15) is 0 Å². The van der Waals surface area contributed by atoms with Crippen molar-refractivity contribution < 1.29 is 18.9 Å². The Labute approximate surface area is 91.8 Å². The van der Waals surface area contributed by atoms with E-state index in [1.807, 2.05) is 6.92 Å². The summed E-state index contributed by atoms with van der Waals surface area (Å²) >= 11 is 0. The molecule has 0 aromatic rings. The molecule has 0 radical (unpaired) electrons. The molecule has 0 unspecified atom stereocenters. The van der Waals surface area contributed by atoms with Crippen LogP contribution in [0.1, 0.15) is 6.92 Å². The van der Waals surface area contributed by atoms with E-state index in [9.17, 15) is 0 Å². The summed E-state index contributed by atoms with van der Waals surface area (Å²) in [5.74, 6) is 0. The molecule has 0 heterocycles. The van der Waals surface area contributed by atoms with Gasteiger partial charge in [0.15, 0.2) is 0 Å². The van der Waals surface area contributed by atoms with E-state index >= 15 is 0 Å². The highest BCUT2D eigenvalue weighted by molar-refractivity contribution is 4.47. The van der Waals surface area contributed by atoms with Crippen molar-refractivity contribution in [3.8, 4) is 0 Å². The molecule has 0 amide bonds. The lowest BCUT2D eigenvalue weighted by molar-refractivity contribution is 0.00250. The highest BCUT2D eigenvalue weighted by Crippen LogP contribution is 1.83. The molecular weight excluding hydrogens is 198 g/mol. The van der Waals surface area contributed by atoms with Gasteiger partial charge in [-0.05, 0) is 6.92 Å². The Morgan fingerprint density at radius 3 is 1.80 bits per heavy atom. The number of hydrogen-bond acceptors (Lipinski definition) is 5. The number of ether oxygens (including phenoxy) is 4. The number of rotatable bonds is 11. The summed E-state index contributed by atoms with van der Waals surface area (Å²) in [6.07, 6.45) is 0. The first-order chi connectivity index (χ1) is 7.27. The Balaban J connectivity index is 2.87. The van der Waals surface area contributed by atoms with Crippen molar-refractivity contribution in [1.29, 1.82) is 0 Å². The topological polar surface area (TPSA) is 62.9 Å². The monoisotopic (exact) mass is 221 g/mol. The van der Waals surface area contributed by atoms with Crippen molar-refractivity contribution in [2.45, 2.75) is 13.0 Å². The zero-order chi connectivity index (χ0) is 11.4. The van der Waals surface area contributed by atoms with Crippen LogP contribution in [0.15, 0.2) is 0 Å². The number of methoxy groups -OCH3 is 1. The van der Waals surface area contributed by atoms with Gasteiger partial charge in [0.2, 0.25) is 0 Å². The summed E-state index contributed by atoms with van der Waals surface area (Å²) < 4.78 is 20.5. The van der Waals surface area contributed by atoms with E-state index in [1.165, 1.54) is 0 Å². The summed E-state index contributed by atoms with van der Waals surface area (Å²) in [6.45, 7) is 6.07. The van der Waals surface area contributed by atoms with Gasteiger partial charge < -0.3 is 24.7 Å². The van der Waals surface area contributed by atoms with Gasteiger partial charge in [0, 0.05) is 13.2 Å². The van der Waals surface area contributed by atoms with E-state index in [1.54, 1.807) is 7.11 Å². The maximum atomic E-state index is 5.50. The van der Waals surface area contributed by atoms with Crippen LogP contribution in [0, 0.1) is 0 Å². The molecule has 0 saturated carbocycles. The Kier molecular flexibility index (Phi) is 11.7. The minimum Gasteiger partial charge on any atom is -0.382 e. The fraction of sp³-hybridized carbons (Fsp3) is 1.00. The molecule has 0 saturated heterocycles. The molecule has 0 rings (SSSR count). The number of hydrogen-bond donors (Lipinski definition) is 1. The quantitative estimate of drug-likeness (QED) is 0.499. The van der Waals surface area contributed by atoms with Crippen LogP contribution in [-0.4, -0.2) is 59.4 Å². The van der Waals surface area contributed by atoms with Crippen LogP contribution in [0.25, 0.3) is 0 Å². The molecule has 0 spiro atoms. The zero-order valence-electron chi connectivity index (χ0n) is 9.74. The van der Waals surface area contributed by atoms with Crippen LogP contribution in [0.5, 0.6) is 0 Å². The van der Waals surface area contributed by atoms with Crippen molar-refractivity contribution in [1.82, 2.24) is 0 Å². The maximum Gasteiger partial charge on any atom is 0.0701 e. The summed E-state index contributed by atoms with van der Waals surface area (Å²) in [7, 11) is 1.65. The Hall–Kier alpha value is -0.200. The minimum absolute atomic E-state index is 0.0855. The standard InChI is InChI=1S/C10H23NO4/c1-10(11)9-15-8-7-14-6-5-13-4-3-12-2/h10H,3-9,11H2,1-2H3/t10-/m0/s1. The van der Waals surface area contributed by atoms with E-state index in [0.717, 1.165) is 0 Å². The Morgan fingerprint density at radius 2 is 1.33 bits per heavy atom. The smallest absolute Gasteiger partial charge is 0.0701 e. The predicted molar refractivity (Wildman–Crippen MR) is 58.0 cm³/mol.